The largest absolute Gasteiger partial charge is 0.480 e. The van der Waals surface area contributed by atoms with Crippen molar-refractivity contribution < 1.29 is 37.4 Å². The van der Waals surface area contributed by atoms with E-state index in [1.807, 2.05) is 49.4 Å². The Morgan fingerprint density at radius 3 is 2.46 bits per heavy atom. The minimum Gasteiger partial charge on any atom is -0.480 e. The summed E-state index contributed by atoms with van der Waals surface area (Å²) in [4.78, 5) is 51.8. The first-order valence-electron chi connectivity index (χ1n) is 17.7. The number of amides is 4. The maximum atomic E-state index is 14.0. The van der Waals surface area contributed by atoms with Crippen LogP contribution in [0.3, 0.4) is 0 Å². The number of carbonyl (C=O) groups is 4. The molecular formula is C41H36N4O8S. The van der Waals surface area contributed by atoms with Crippen LogP contribution in [0, 0.1) is 24.7 Å². The van der Waals surface area contributed by atoms with Gasteiger partial charge in [0.15, 0.2) is 0 Å². The molecule has 2 fully saturated rings. The molecule has 4 aromatic rings. The molecule has 4 atom stereocenters. The molecule has 3 N–H and O–H groups in total. The Kier molecular flexibility index (Phi) is 9.05. The fourth-order valence-corrected chi connectivity index (χ4v) is 9.61. The number of fused-ring (bicyclic) bond motifs is 4. The minimum atomic E-state index is -3.81. The quantitative estimate of drug-likeness (QED) is 0.187. The molecule has 12 nitrogen and oxygen atoms in total. The number of rotatable bonds is 7. The number of piperidine rings is 1. The van der Waals surface area contributed by atoms with E-state index in [9.17, 15) is 32.7 Å². The highest BCUT2D eigenvalue weighted by molar-refractivity contribution is 7.89. The van der Waals surface area contributed by atoms with Crippen molar-refractivity contribution in [1.29, 1.82) is 0 Å². The first-order chi connectivity index (χ1) is 26.0. The number of hydrogen-bond acceptors (Lipinski definition) is 9. The van der Waals surface area contributed by atoms with Crippen LogP contribution in [-0.2, 0) is 19.6 Å². The second kappa shape index (κ2) is 13.9. The smallest absolute Gasteiger partial charge is 0.266 e. The summed E-state index contributed by atoms with van der Waals surface area (Å²) < 4.78 is 35.4. The van der Waals surface area contributed by atoms with Crippen molar-refractivity contribution in [1.82, 2.24) is 14.5 Å². The molecule has 0 aromatic heterocycles. The van der Waals surface area contributed by atoms with E-state index < -0.39 is 45.7 Å². The Hall–Kier alpha value is -5.81. The van der Waals surface area contributed by atoms with E-state index in [1.54, 1.807) is 40.7 Å². The summed E-state index contributed by atoms with van der Waals surface area (Å²) in [6.07, 6.45) is 0.690. The second-order valence-electron chi connectivity index (χ2n) is 13.9. The molecule has 0 aliphatic carbocycles. The van der Waals surface area contributed by atoms with Crippen LogP contribution >= 0.6 is 0 Å². The van der Waals surface area contributed by atoms with Crippen molar-refractivity contribution in [2.24, 2.45) is 5.92 Å². The molecule has 1 unspecified atom stereocenters. The average molecular weight is 745 g/mol. The second-order valence-corrected chi connectivity index (χ2v) is 15.7. The van der Waals surface area contributed by atoms with Crippen LogP contribution in [0.2, 0.25) is 0 Å². The van der Waals surface area contributed by atoms with Gasteiger partial charge in [-0.1, -0.05) is 53.8 Å². The van der Waals surface area contributed by atoms with Gasteiger partial charge in [-0.3, -0.25) is 29.4 Å². The van der Waals surface area contributed by atoms with Crippen LogP contribution in [0.25, 0.3) is 11.1 Å². The van der Waals surface area contributed by atoms with Crippen LogP contribution in [0.5, 0.6) is 5.75 Å². The molecular weight excluding hydrogens is 709 g/mol. The van der Waals surface area contributed by atoms with Gasteiger partial charge in [-0.15, -0.1) is 0 Å². The standard InChI is InChI=1S/C41H36N4O8S/c1-24-10-13-28(14-11-24)54(51,52)44-19-18-29-33(23-46)42-32-15-12-27(22-31(32)38(29)44)26-7-2-5-25(21-26)6-4-20-53-35-9-3-8-30-37(35)41(50)45(40(30)49)34-16-17-36(47)43-39(34)48/h2-3,5,7-15,21-22,29,33-34,38,42,46H,16-20,23H2,1H3,(H,43,47,48)/t29-,33+,34?,38-/m1/s1. The van der Waals surface area contributed by atoms with Crippen LogP contribution in [-0.4, -0.2) is 78.2 Å². The molecule has 0 spiro atoms. The SMILES string of the molecule is Cc1ccc(S(=O)(=O)N2CC[C@@H]3[C@H](CO)Nc4ccc(-c5cccc(C#CCOc6cccc7c6C(=O)N(C6CCC(=O)NC6=O)C7=O)c5)cc4[C@@H]32)cc1. The molecule has 0 saturated carbocycles. The predicted octanol–water partition coefficient (Wildman–Crippen LogP) is 4.03. The molecule has 4 amide bonds. The minimum absolute atomic E-state index is 0.0249. The van der Waals surface area contributed by atoms with Gasteiger partial charge in [0.25, 0.3) is 11.8 Å². The summed E-state index contributed by atoms with van der Waals surface area (Å²) in [5, 5.41) is 15.9. The predicted molar refractivity (Wildman–Crippen MR) is 198 cm³/mol. The van der Waals surface area contributed by atoms with Crippen LogP contribution in [0.4, 0.5) is 5.69 Å². The maximum Gasteiger partial charge on any atom is 0.266 e. The van der Waals surface area contributed by atoms with Gasteiger partial charge in [-0.05, 0) is 85.0 Å². The number of anilines is 1. The summed E-state index contributed by atoms with van der Waals surface area (Å²) in [6.45, 7) is 2.05. The van der Waals surface area contributed by atoms with E-state index in [4.69, 9.17) is 4.74 Å². The number of sulfonamides is 1. The molecule has 274 valence electrons. The van der Waals surface area contributed by atoms with Gasteiger partial charge in [0.1, 0.15) is 18.4 Å². The Labute approximate surface area is 312 Å². The number of imide groups is 2. The summed E-state index contributed by atoms with van der Waals surface area (Å²) in [5.74, 6) is 3.71. The molecule has 4 aromatic carbocycles. The molecule has 54 heavy (non-hydrogen) atoms. The number of ether oxygens (including phenoxy) is 1. The van der Waals surface area contributed by atoms with Crippen LogP contribution in [0.1, 0.15) is 62.7 Å². The van der Waals surface area contributed by atoms with Gasteiger partial charge in [-0.25, -0.2) is 8.42 Å². The number of benzene rings is 4. The molecule has 4 aliphatic heterocycles. The van der Waals surface area contributed by atoms with Gasteiger partial charge >= 0.3 is 0 Å². The van der Waals surface area contributed by atoms with E-state index in [0.717, 1.165) is 32.8 Å². The lowest BCUT2D eigenvalue weighted by atomic mass is 9.82. The Morgan fingerprint density at radius 1 is 0.907 bits per heavy atom. The van der Waals surface area contributed by atoms with Crippen molar-refractivity contribution in [3.63, 3.8) is 0 Å². The topological polar surface area (TPSA) is 162 Å². The molecule has 4 heterocycles. The molecule has 0 radical (unpaired) electrons. The maximum absolute atomic E-state index is 14.0. The summed E-state index contributed by atoms with van der Waals surface area (Å²) in [7, 11) is -3.81. The van der Waals surface area contributed by atoms with Gasteiger partial charge in [0, 0.05) is 30.1 Å². The number of nitrogens with one attached hydrogen (secondary N) is 2. The van der Waals surface area contributed by atoms with E-state index in [1.165, 1.54) is 6.07 Å². The van der Waals surface area contributed by atoms with E-state index in [2.05, 4.69) is 22.5 Å². The van der Waals surface area contributed by atoms with Crippen molar-refractivity contribution in [3.8, 4) is 28.7 Å². The third kappa shape index (κ3) is 6.12. The third-order valence-corrected chi connectivity index (χ3v) is 12.5. The van der Waals surface area contributed by atoms with Crippen molar-refractivity contribution in [2.45, 2.75) is 49.2 Å². The van der Waals surface area contributed by atoms with E-state index in [0.29, 0.717) is 18.5 Å². The normalized spacial score (nSPS) is 22.1. The number of carbonyl (C=O) groups excluding carboxylic acids is 4. The summed E-state index contributed by atoms with van der Waals surface area (Å²) >= 11 is 0. The molecule has 4 aliphatic rings. The van der Waals surface area contributed by atoms with E-state index in [-0.39, 0.29) is 59.8 Å². The average Bonchev–Trinajstić information content (AvgIpc) is 3.74. The van der Waals surface area contributed by atoms with Crippen molar-refractivity contribution in [2.75, 3.05) is 25.1 Å². The highest BCUT2D eigenvalue weighted by Gasteiger charge is 2.49. The lowest BCUT2D eigenvalue weighted by Crippen LogP contribution is -2.54. The highest BCUT2D eigenvalue weighted by Crippen LogP contribution is 2.49. The zero-order chi connectivity index (χ0) is 37.7. The Balaban J connectivity index is 1.01. The number of hydrogen-bond donors (Lipinski definition) is 3. The van der Waals surface area contributed by atoms with Gasteiger partial charge in [-0.2, -0.15) is 4.31 Å². The lowest BCUT2D eigenvalue weighted by Gasteiger charge is -2.39. The van der Waals surface area contributed by atoms with Crippen LogP contribution < -0.4 is 15.4 Å². The van der Waals surface area contributed by atoms with Gasteiger partial charge < -0.3 is 15.2 Å². The monoisotopic (exact) mass is 744 g/mol. The molecule has 2 saturated heterocycles. The number of aliphatic hydroxyl groups excluding tert-OH is 1. The number of nitrogens with zero attached hydrogens (tertiary/aromatic N) is 2. The lowest BCUT2D eigenvalue weighted by molar-refractivity contribution is -0.136. The Bertz CT molecular complexity index is 2400. The third-order valence-electron chi connectivity index (χ3n) is 10.6. The number of aliphatic hydroxyl groups is 1. The molecule has 8 rings (SSSR count). The van der Waals surface area contributed by atoms with Crippen molar-refractivity contribution in [3.05, 3.63) is 113 Å². The van der Waals surface area contributed by atoms with Gasteiger partial charge in [0.2, 0.25) is 21.8 Å². The molecule has 13 heteroatoms. The van der Waals surface area contributed by atoms with Crippen LogP contribution in [0.15, 0.2) is 89.8 Å². The zero-order valence-corrected chi connectivity index (χ0v) is 30.1. The number of aryl methyl sites for hydroxylation is 1. The fraction of sp³-hybridized carbons (Fsp3) is 0.268. The Morgan fingerprint density at radius 2 is 1.69 bits per heavy atom. The van der Waals surface area contributed by atoms with Gasteiger partial charge in [0.05, 0.1) is 34.7 Å². The van der Waals surface area contributed by atoms with Crippen molar-refractivity contribution >= 4 is 39.3 Å². The summed E-state index contributed by atoms with van der Waals surface area (Å²) in [6, 6.07) is 23.2. The summed E-state index contributed by atoms with van der Waals surface area (Å²) in [5.41, 5.74) is 5.22. The highest BCUT2D eigenvalue weighted by atomic mass is 32.2. The first kappa shape index (κ1) is 35.2. The first-order valence-corrected chi connectivity index (χ1v) is 19.2. The van der Waals surface area contributed by atoms with E-state index >= 15 is 0 Å². The molecule has 0 bridgehead atoms. The fourth-order valence-electron chi connectivity index (χ4n) is 7.95. The zero-order valence-electron chi connectivity index (χ0n) is 29.2.